The number of nitrogens with zero attached hydrogens (tertiary/aromatic N) is 6. The fourth-order valence-electron chi connectivity index (χ4n) is 4.29. The van der Waals surface area contributed by atoms with Gasteiger partial charge in [-0.1, -0.05) is 6.07 Å². The van der Waals surface area contributed by atoms with Crippen molar-refractivity contribution in [2.24, 2.45) is 0 Å². The average Bonchev–Trinajstić information content (AvgIpc) is 3.32. The zero-order chi connectivity index (χ0) is 24.6. The van der Waals surface area contributed by atoms with Crippen LogP contribution in [-0.4, -0.2) is 80.3 Å². The minimum Gasteiger partial charge on any atom is -0.447 e. The molecule has 4 heterocycles. The van der Waals surface area contributed by atoms with E-state index in [0.29, 0.717) is 43.4 Å². The summed E-state index contributed by atoms with van der Waals surface area (Å²) < 4.78 is 5.29. The SMILES string of the molecule is CNCc1nc(N(C)C(C)C)cc2c1CN(c1cccc(N3C(=O)OCC3CN(C)C)n1)C2=O. The maximum absolute atomic E-state index is 13.5. The number of nitrogens with one attached hydrogen (secondary N) is 1. The van der Waals surface area contributed by atoms with Crippen LogP contribution in [0.4, 0.5) is 22.2 Å². The van der Waals surface area contributed by atoms with E-state index in [1.165, 1.54) is 0 Å². The van der Waals surface area contributed by atoms with Gasteiger partial charge in [0, 0.05) is 31.7 Å². The third kappa shape index (κ3) is 4.43. The smallest absolute Gasteiger partial charge is 0.415 e. The highest BCUT2D eigenvalue weighted by Crippen LogP contribution is 2.33. The molecule has 182 valence electrons. The summed E-state index contributed by atoms with van der Waals surface area (Å²) in [6.07, 6.45) is -0.422. The number of fused-ring (bicyclic) bond motifs is 1. The summed E-state index contributed by atoms with van der Waals surface area (Å²) in [5, 5.41) is 3.16. The Hall–Kier alpha value is -3.24. The second-order valence-corrected chi connectivity index (χ2v) is 9.30. The zero-order valence-corrected chi connectivity index (χ0v) is 20.7. The van der Waals surface area contributed by atoms with E-state index >= 15 is 0 Å². The number of pyridine rings is 2. The molecule has 34 heavy (non-hydrogen) atoms. The molecule has 1 saturated heterocycles. The molecule has 10 heteroatoms. The highest BCUT2D eigenvalue weighted by atomic mass is 16.6. The van der Waals surface area contributed by atoms with E-state index in [-0.39, 0.29) is 18.0 Å². The molecule has 1 atom stereocenters. The lowest BCUT2D eigenvalue weighted by atomic mass is 10.1. The standard InChI is InChI=1S/C24H33N7O3/c1-15(2)29(6)22-10-17-18(19(26-22)11-25-3)13-30(23(17)32)20-8-7-9-21(27-20)31-16(12-28(4)5)14-34-24(31)33/h7-10,15-16,25H,11-14H2,1-6H3. The van der Waals surface area contributed by atoms with Gasteiger partial charge in [-0.3, -0.25) is 14.6 Å². The predicted molar refractivity (Wildman–Crippen MR) is 131 cm³/mol. The molecule has 1 fully saturated rings. The van der Waals surface area contributed by atoms with Gasteiger partial charge in [0.15, 0.2) is 0 Å². The molecule has 1 unspecified atom stereocenters. The number of amides is 2. The summed E-state index contributed by atoms with van der Waals surface area (Å²) in [7, 11) is 7.75. The van der Waals surface area contributed by atoms with Crippen molar-refractivity contribution < 1.29 is 14.3 Å². The molecule has 0 bridgehead atoms. The van der Waals surface area contributed by atoms with Gasteiger partial charge in [0.1, 0.15) is 24.1 Å². The van der Waals surface area contributed by atoms with E-state index in [2.05, 4.69) is 24.1 Å². The fourth-order valence-corrected chi connectivity index (χ4v) is 4.29. The number of rotatable bonds is 8. The van der Waals surface area contributed by atoms with Crippen LogP contribution in [0.2, 0.25) is 0 Å². The van der Waals surface area contributed by atoms with Crippen molar-refractivity contribution in [2.45, 2.75) is 39.0 Å². The van der Waals surface area contributed by atoms with Gasteiger partial charge < -0.3 is 19.9 Å². The average molecular weight is 468 g/mol. The van der Waals surface area contributed by atoms with E-state index in [0.717, 1.165) is 17.1 Å². The van der Waals surface area contributed by atoms with Crippen LogP contribution >= 0.6 is 0 Å². The van der Waals surface area contributed by atoms with Gasteiger partial charge in [-0.05, 0) is 53.2 Å². The second-order valence-electron chi connectivity index (χ2n) is 9.30. The van der Waals surface area contributed by atoms with Crippen LogP contribution in [0.5, 0.6) is 0 Å². The van der Waals surface area contributed by atoms with Gasteiger partial charge >= 0.3 is 6.09 Å². The maximum Gasteiger partial charge on any atom is 0.415 e. The number of likely N-dealkylation sites (N-methyl/N-ethyl adjacent to an activating group) is 1. The van der Waals surface area contributed by atoms with Crippen molar-refractivity contribution in [3.05, 3.63) is 41.1 Å². The summed E-state index contributed by atoms with van der Waals surface area (Å²) >= 11 is 0. The van der Waals surface area contributed by atoms with Crippen LogP contribution in [0.15, 0.2) is 24.3 Å². The van der Waals surface area contributed by atoms with E-state index in [4.69, 9.17) is 14.7 Å². The lowest BCUT2D eigenvalue weighted by Crippen LogP contribution is -2.41. The Balaban J connectivity index is 1.67. The van der Waals surface area contributed by atoms with Crippen LogP contribution in [-0.2, 0) is 17.8 Å². The molecule has 0 spiro atoms. The van der Waals surface area contributed by atoms with Crippen molar-refractivity contribution >= 4 is 29.5 Å². The molecule has 10 nitrogen and oxygen atoms in total. The van der Waals surface area contributed by atoms with E-state index in [1.807, 2.05) is 45.2 Å². The molecule has 1 N–H and O–H groups in total. The van der Waals surface area contributed by atoms with Crippen LogP contribution in [0.1, 0.15) is 35.5 Å². The first kappa shape index (κ1) is 23.9. The van der Waals surface area contributed by atoms with E-state index in [9.17, 15) is 9.59 Å². The Labute approximate surface area is 200 Å². The third-order valence-electron chi connectivity index (χ3n) is 6.25. The zero-order valence-electron chi connectivity index (χ0n) is 20.7. The van der Waals surface area contributed by atoms with Crippen LogP contribution in [0.3, 0.4) is 0 Å². The van der Waals surface area contributed by atoms with Crippen molar-refractivity contribution in [1.82, 2.24) is 20.2 Å². The summed E-state index contributed by atoms with van der Waals surface area (Å²) in [4.78, 5) is 42.8. The van der Waals surface area contributed by atoms with E-state index < -0.39 is 6.09 Å². The van der Waals surface area contributed by atoms with Crippen molar-refractivity contribution in [3.8, 4) is 0 Å². The van der Waals surface area contributed by atoms with Crippen molar-refractivity contribution in [3.63, 3.8) is 0 Å². The first-order chi connectivity index (χ1) is 16.2. The van der Waals surface area contributed by atoms with Gasteiger partial charge in [0.05, 0.1) is 23.8 Å². The third-order valence-corrected chi connectivity index (χ3v) is 6.25. The van der Waals surface area contributed by atoms with Gasteiger partial charge in [-0.25, -0.2) is 14.8 Å². The highest BCUT2D eigenvalue weighted by molar-refractivity contribution is 6.10. The first-order valence-electron chi connectivity index (χ1n) is 11.5. The molecule has 2 amide bonds. The van der Waals surface area contributed by atoms with Crippen LogP contribution in [0.25, 0.3) is 0 Å². The first-order valence-corrected chi connectivity index (χ1v) is 11.5. The maximum atomic E-state index is 13.5. The molecule has 2 aromatic heterocycles. The Morgan fingerprint density at radius 3 is 2.59 bits per heavy atom. The molecule has 0 aromatic carbocycles. The molecule has 0 radical (unpaired) electrons. The van der Waals surface area contributed by atoms with Gasteiger partial charge in [-0.2, -0.15) is 0 Å². The molecular weight excluding hydrogens is 434 g/mol. The largest absolute Gasteiger partial charge is 0.447 e. The number of cyclic esters (lactones) is 1. The fraction of sp³-hybridized carbons (Fsp3) is 0.500. The number of carbonyl (C=O) groups excluding carboxylic acids is 2. The highest BCUT2D eigenvalue weighted by Gasteiger charge is 2.37. The number of carbonyl (C=O) groups is 2. The molecule has 2 aliphatic heterocycles. The molecule has 2 aromatic rings. The van der Waals surface area contributed by atoms with Crippen molar-refractivity contribution in [1.29, 1.82) is 0 Å². The summed E-state index contributed by atoms with van der Waals surface area (Å²) in [5.74, 6) is 1.62. The van der Waals surface area contributed by atoms with Crippen LogP contribution in [0, 0.1) is 0 Å². The Morgan fingerprint density at radius 1 is 1.18 bits per heavy atom. The number of aromatic nitrogens is 2. The lowest BCUT2D eigenvalue weighted by Gasteiger charge is -2.24. The number of hydrogen-bond acceptors (Lipinski definition) is 8. The van der Waals surface area contributed by atoms with Crippen LogP contribution < -0.4 is 20.0 Å². The molecule has 4 rings (SSSR count). The van der Waals surface area contributed by atoms with Crippen molar-refractivity contribution in [2.75, 3.05) is 56.0 Å². The van der Waals surface area contributed by atoms with Gasteiger partial charge in [-0.15, -0.1) is 0 Å². The monoisotopic (exact) mass is 467 g/mol. The lowest BCUT2D eigenvalue weighted by molar-refractivity contribution is 0.0996. The number of anilines is 3. The van der Waals surface area contributed by atoms with Gasteiger partial charge in [0.2, 0.25) is 0 Å². The Bertz CT molecular complexity index is 1090. The molecule has 2 aliphatic rings. The number of ether oxygens (including phenoxy) is 1. The Kier molecular flexibility index (Phi) is 6.72. The van der Waals surface area contributed by atoms with E-state index in [1.54, 1.807) is 21.9 Å². The van der Waals surface area contributed by atoms with Gasteiger partial charge in [0.25, 0.3) is 5.91 Å². The summed E-state index contributed by atoms with van der Waals surface area (Å²) in [5.41, 5.74) is 2.39. The quantitative estimate of drug-likeness (QED) is 0.631. The topological polar surface area (TPSA) is 94.1 Å². The molecular formula is C24H33N7O3. The number of hydrogen-bond donors (Lipinski definition) is 1. The minimum atomic E-state index is -0.422. The Morgan fingerprint density at radius 2 is 1.91 bits per heavy atom. The minimum absolute atomic E-state index is 0.119. The summed E-state index contributed by atoms with van der Waals surface area (Å²) in [6, 6.07) is 7.35. The second kappa shape index (κ2) is 9.55. The molecule has 0 aliphatic carbocycles. The predicted octanol–water partition coefficient (Wildman–Crippen LogP) is 2.09. The molecule has 0 saturated carbocycles. The summed E-state index contributed by atoms with van der Waals surface area (Å²) in [6.45, 7) is 6.07. The normalized spacial score (nSPS) is 17.7.